The van der Waals surface area contributed by atoms with E-state index >= 15 is 0 Å². The van der Waals surface area contributed by atoms with E-state index in [1.807, 2.05) is 42.0 Å². The molecule has 0 saturated carbocycles. The van der Waals surface area contributed by atoms with Gasteiger partial charge in [-0.15, -0.1) is 0 Å². The lowest BCUT2D eigenvalue weighted by atomic mass is 10.0. The number of aromatic nitrogens is 2. The van der Waals surface area contributed by atoms with Crippen LogP contribution in [0.4, 0.5) is 0 Å². The van der Waals surface area contributed by atoms with Gasteiger partial charge in [-0.2, -0.15) is 0 Å². The number of H-pyrrole nitrogens is 1. The third kappa shape index (κ3) is 2.25. The number of aryl methyl sites for hydroxylation is 1. The molecule has 19 heavy (non-hydrogen) atoms. The van der Waals surface area contributed by atoms with Crippen LogP contribution in [0, 0.1) is 11.7 Å². The highest BCUT2D eigenvalue weighted by Gasteiger charge is 2.07. The highest BCUT2D eigenvalue weighted by Crippen LogP contribution is 2.26. The number of nitrogens with zero attached hydrogens (tertiary/aromatic N) is 1. The summed E-state index contributed by atoms with van der Waals surface area (Å²) in [5, 5.41) is 0. The van der Waals surface area contributed by atoms with Gasteiger partial charge in [0, 0.05) is 17.5 Å². The van der Waals surface area contributed by atoms with E-state index in [9.17, 15) is 0 Å². The molecule has 0 aliphatic carbocycles. The Morgan fingerprint density at radius 3 is 2.32 bits per heavy atom. The fourth-order valence-corrected chi connectivity index (χ4v) is 2.55. The zero-order valence-electron chi connectivity index (χ0n) is 10.6. The van der Waals surface area contributed by atoms with Crippen LogP contribution in [0.1, 0.15) is 5.69 Å². The van der Waals surface area contributed by atoms with Crippen LogP contribution in [0.25, 0.3) is 16.8 Å². The van der Waals surface area contributed by atoms with E-state index in [1.165, 1.54) is 11.1 Å². The number of para-hydroxylation sites is 1. The van der Waals surface area contributed by atoms with Crippen LogP contribution in [0.15, 0.2) is 60.8 Å². The largest absolute Gasteiger partial charge is 0.335 e. The molecule has 0 saturated heterocycles. The maximum absolute atomic E-state index is 5.37. The third-order valence-electron chi connectivity index (χ3n) is 3.09. The number of aromatic amines is 1. The van der Waals surface area contributed by atoms with Gasteiger partial charge in [-0.3, -0.25) is 4.57 Å². The molecule has 0 aliphatic heterocycles. The quantitative estimate of drug-likeness (QED) is 0.677. The zero-order valence-corrected chi connectivity index (χ0v) is 11.4. The predicted octanol–water partition coefficient (Wildman–Crippen LogP) is 4.51. The number of benzene rings is 2. The SMILES string of the molecule is Cc1cn(-c2ccccc2-c2ccccc2)c(=S)[nH]1. The van der Waals surface area contributed by atoms with E-state index in [4.69, 9.17) is 12.2 Å². The summed E-state index contributed by atoms with van der Waals surface area (Å²) in [6, 6.07) is 18.6. The first-order valence-corrected chi connectivity index (χ1v) is 6.59. The average molecular weight is 266 g/mol. The van der Waals surface area contributed by atoms with Gasteiger partial charge in [0.1, 0.15) is 0 Å². The van der Waals surface area contributed by atoms with Crippen LogP contribution >= 0.6 is 12.2 Å². The lowest BCUT2D eigenvalue weighted by Gasteiger charge is -2.10. The number of imidazole rings is 1. The molecule has 0 radical (unpaired) electrons. The Morgan fingerprint density at radius 1 is 0.947 bits per heavy atom. The van der Waals surface area contributed by atoms with Gasteiger partial charge in [-0.25, -0.2) is 0 Å². The maximum atomic E-state index is 5.37. The van der Waals surface area contributed by atoms with Gasteiger partial charge in [0.25, 0.3) is 0 Å². The molecule has 3 aromatic rings. The highest BCUT2D eigenvalue weighted by molar-refractivity contribution is 7.71. The number of hydrogen-bond acceptors (Lipinski definition) is 1. The molecule has 94 valence electrons. The van der Waals surface area contributed by atoms with E-state index in [0.29, 0.717) is 0 Å². The fraction of sp³-hybridized carbons (Fsp3) is 0.0625. The fourth-order valence-electron chi connectivity index (χ4n) is 2.24. The number of hydrogen-bond donors (Lipinski definition) is 1. The van der Waals surface area contributed by atoms with Gasteiger partial charge in [-0.1, -0.05) is 48.5 Å². The molecule has 3 heteroatoms. The standard InChI is InChI=1S/C16H14N2S/c1-12-11-18(16(19)17-12)15-10-6-5-9-14(15)13-7-3-2-4-8-13/h2-11H,1H3,(H,17,19). The Balaban J connectivity index is 2.24. The summed E-state index contributed by atoms with van der Waals surface area (Å²) in [6.45, 7) is 2.01. The molecule has 1 aromatic heterocycles. The smallest absolute Gasteiger partial charge is 0.182 e. The number of rotatable bonds is 2. The Bertz CT molecular complexity index is 754. The Kier molecular flexibility index (Phi) is 3.05. The molecule has 1 N–H and O–H groups in total. The van der Waals surface area contributed by atoms with Crippen LogP contribution in [-0.2, 0) is 0 Å². The maximum Gasteiger partial charge on any atom is 0.182 e. The van der Waals surface area contributed by atoms with E-state index in [-0.39, 0.29) is 0 Å². The summed E-state index contributed by atoms with van der Waals surface area (Å²) in [5.41, 5.74) is 4.54. The van der Waals surface area contributed by atoms with Crippen molar-refractivity contribution >= 4 is 12.2 Å². The summed E-state index contributed by atoms with van der Waals surface area (Å²) in [5.74, 6) is 0. The van der Waals surface area contributed by atoms with Crippen LogP contribution in [-0.4, -0.2) is 9.55 Å². The summed E-state index contributed by atoms with van der Waals surface area (Å²) in [6.07, 6.45) is 2.03. The second-order valence-corrected chi connectivity index (χ2v) is 4.88. The second kappa shape index (κ2) is 4.86. The van der Waals surface area contributed by atoms with E-state index in [1.54, 1.807) is 0 Å². The van der Waals surface area contributed by atoms with Crippen LogP contribution in [0.5, 0.6) is 0 Å². The average Bonchev–Trinajstić information content (AvgIpc) is 2.79. The molecular formula is C16H14N2S. The van der Waals surface area contributed by atoms with E-state index in [0.717, 1.165) is 16.2 Å². The Morgan fingerprint density at radius 2 is 1.63 bits per heavy atom. The first kappa shape index (κ1) is 11.9. The van der Waals surface area contributed by atoms with Gasteiger partial charge >= 0.3 is 0 Å². The van der Waals surface area contributed by atoms with E-state index in [2.05, 4.69) is 35.3 Å². The van der Waals surface area contributed by atoms with Crippen molar-refractivity contribution in [2.24, 2.45) is 0 Å². The summed E-state index contributed by atoms with van der Waals surface area (Å²) < 4.78 is 2.74. The highest BCUT2D eigenvalue weighted by atomic mass is 32.1. The molecule has 0 amide bonds. The minimum absolute atomic E-state index is 0.723. The predicted molar refractivity (Wildman–Crippen MR) is 81.1 cm³/mol. The first-order chi connectivity index (χ1) is 9.25. The van der Waals surface area contributed by atoms with Crippen molar-refractivity contribution in [1.82, 2.24) is 9.55 Å². The van der Waals surface area contributed by atoms with Crippen molar-refractivity contribution in [2.75, 3.05) is 0 Å². The van der Waals surface area contributed by atoms with Crippen molar-refractivity contribution in [3.63, 3.8) is 0 Å². The van der Waals surface area contributed by atoms with Gasteiger partial charge in [-0.05, 0) is 30.8 Å². The molecule has 3 rings (SSSR count). The van der Waals surface area contributed by atoms with Crippen molar-refractivity contribution in [3.8, 4) is 16.8 Å². The second-order valence-electron chi connectivity index (χ2n) is 4.50. The molecule has 2 aromatic carbocycles. The Hall–Kier alpha value is -2.13. The van der Waals surface area contributed by atoms with Crippen molar-refractivity contribution in [2.45, 2.75) is 6.92 Å². The van der Waals surface area contributed by atoms with Gasteiger partial charge in [0.05, 0.1) is 5.69 Å². The topological polar surface area (TPSA) is 20.7 Å². The summed E-state index contributed by atoms with van der Waals surface area (Å²) in [4.78, 5) is 3.16. The molecule has 1 heterocycles. The van der Waals surface area contributed by atoms with E-state index < -0.39 is 0 Å². The summed E-state index contributed by atoms with van der Waals surface area (Å²) in [7, 11) is 0. The molecule has 0 aliphatic rings. The van der Waals surface area contributed by atoms with Crippen LogP contribution in [0.3, 0.4) is 0 Å². The third-order valence-corrected chi connectivity index (χ3v) is 3.39. The summed E-state index contributed by atoms with van der Waals surface area (Å²) >= 11 is 5.37. The van der Waals surface area contributed by atoms with Gasteiger partial charge in [0.15, 0.2) is 4.77 Å². The van der Waals surface area contributed by atoms with Crippen molar-refractivity contribution < 1.29 is 0 Å². The minimum Gasteiger partial charge on any atom is -0.335 e. The molecule has 0 fully saturated rings. The Labute approximate surface area is 117 Å². The van der Waals surface area contributed by atoms with Gasteiger partial charge < -0.3 is 4.98 Å². The van der Waals surface area contributed by atoms with Crippen LogP contribution < -0.4 is 0 Å². The monoisotopic (exact) mass is 266 g/mol. The van der Waals surface area contributed by atoms with Crippen molar-refractivity contribution in [3.05, 3.63) is 71.3 Å². The molecule has 0 bridgehead atoms. The lowest BCUT2D eigenvalue weighted by molar-refractivity contribution is 1.03. The first-order valence-electron chi connectivity index (χ1n) is 6.19. The minimum atomic E-state index is 0.723. The molecular weight excluding hydrogens is 252 g/mol. The lowest BCUT2D eigenvalue weighted by Crippen LogP contribution is -1.95. The molecule has 0 spiro atoms. The number of nitrogens with one attached hydrogen (secondary N) is 1. The molecule has 2 nitrogen and oxygen atoms in total. The zero-order chi connectivity index (χ0) is 13.2. The molecule has 0 unspecified atom stereocenters. The van der Waals surface area contributed by atoms with Gasteiger partial charge in [0.2, 0.25) is 0 Å². The van der Waals surface area contributed by atoms with Crippen molar-refractivity contribution in [1.29, 1.82) is 0 Å². The molecule has 0 atom stereocenters. The normalized spacial score (nSPS) is 10.6. The van der Waals surface area contributed by atoms with Crippen LogP contribution in [0.2, 0.25) is 0 Å².